The van der Waals surface area contributed by atoms with Crippen LogP contribution in [0.2, 0.25) is 0 Å². The van der Waals surface area contributed by atoms with Crippen molar-refractivity contribution in [2.24, 2.45) is 11.8 Å². The van der Waals surface area contributed by atoms with Gasteiger partial charge in [-0.1, -0.05) is 13.0 Å². The lowest BCUT2D eigenvalue weighted by molar-refractivity contribution is 0.181. The van der Waals surface area contributed by atoms with E-state index in [0.29, 0.717) is 12.6 Å². The molecule has 1 aromatic carbocycles. The molecule has 2 rings (SSSR count). The van der Waals surface area contributed by atoms with Crippen LogP contribution in [0.25, 0.3) is 0 Å². The quantitative estimate of drug-likeness (QED) is 0.788. The molecule has 20 heavy (non-hydrogen) atoms. The Morgan fingerprint density at radius 3 is 2.60 bits per heavy atom. The fourth-order valence-corrected chi connectivity index (χ4v) is 2.65. The van der Waals surface area contributed by atoms with Crippen LogP contribution in [0.1, 0.15) is 43.9 Å². The highest BCUT2D eigenvalue weighted by Gasteiger charge is 2.27. The molecule has 1 aromatic rings. The Kier molecular flexibility index (Phi) is 5.44. The zero-order valence-corrected chi connectivity index (χ0v) is 13.1. The zero-order chi connectivity index (χ0) is 14.5. The molecule has 0 heterocycles. The van der Waals surface area contributed by atoms with Gasteiger partial charge in [-0.3, -0.25) is 0 Å². The Morgan fingerprint density at radius 2 is 2.00 bits per heavy atom. The van der Waals surface area contributed by atoms with E-state index in [0.717, 1.165) is 29.7 Å². The van der Waals surface area contributed by atoms with Gasteiger partial charge < -0.3 is 14.8 Å². The summed E-state index contributed by atoms with van der Waals surface area (Å²) in [5, 5.41) is 3.65. The molecule has 1 saturated carbocycles. The lowest BCUT2D eigenvalue weighted by Gasteiger charge is -2.19. The average Bonchev–Trinajstić information content (AvgIpc) is 3.29. The summed E-state index contributed by atoms with van der Waals surface area (Å²) in [4.78, 5) is 0. The van der Waals surface area contributed by atoms with E-state index in [-0.39, 0.29) is 0 Å². The van der Waals surface area contributed by atoms with E-state index in [9.17, 15) is 0 Å². The van der Waals surface area contributed by atoms with Gasteiger partial charge in [-0.15, -0.1) is 0 Å². The highest BCUT2D eigenvalue weighted by molar-refractivity contribution is 5.38. The molecule has 0 bridgehead atoms. The van der Waals surface area contributed by atoms with E-state index in [4.69, 9.17) is 9.47 Å². The normalized spacial score (nSPS) is 17.8. The molecule has 0 saturated heterocycles. The number of ether oxygens (including phenoxy) is 2. The molecular weight excluding hydrogens is 250 g/mol. The lowest BCUT2D eigenvalue weighted by atomic mass is 10.0. The van der Waals surface area contributed by atoms with E-state index >= 15 is 0 Å². The highest BCUT2D eigenvalue weighted by Crippen LogP contribution is 2.36. The van der Waals surface area contributed by atoms with Gasteiger partial charge >= 0.3 is 0 Å². The van der Waals surface area contributed by atoms with Gasteiger partial charge in [0.25, 0.3) is 0 Å². The first kappa shape index (κ1) is 15.3. The first-order chi connectivity index (χ1) is 9.65. The van der Waals surface area contributed by atoms with Crippen molar-refractivity contribution >= 4 is 0 Å². The summed E-state index contributed by atoms with van der Waals surface area (Å²) in [6, 6.07) is 6.71. The Labute approximate surface area is 122 Å². The van der Waals surface area contributed by atoms with Gasteiger partial charge in [-0.25, -0.2) is 0 Å². The Balaban J connectivity index is 1.97. The van der Waals surface area contributed by atoms with Crippen molar-refractivity contribution in [1.82, 2.24) is 5.32 Å². The minimum atomic E-state index is 0.359. The third-order valence-electron chi connectivity index (χ3n) is 4.28. The van der Waals surface area contributed by atoms with E-state index in [1.807, 2.05) is 6.07 Å². The molecule has 0 aliphatic heterocycles. The molecule has 1 N–H and O–H groups in total. The molecule has 0 radical (unpaired) electrons. The van der Waals surface area contributed by atoms with Gasteiger partial charge in [0.2, 0.25) is 0 Å². The van der Waals surface area contributed by atoms with E-state index in [2.05, 4.69) is 31.3 Å². The van der Waals surface area contributed by atoms with E-state index in [1.54, 1.807) is 14.2 Å². The molecule has 1 aliphatic carbocycles. The molecule has 1 aliphatic rings. The van der Waals surface area contributed by atoms with Crippen LogP contribution in [0, 0.1) is 11.8 Å². The van der Waals surface area contributed by atoms with Crippen molar-refractivity contribution in [3.63, 3.8) is 0 Å². The van der Waals surface area contributed by atoms with Gasteiger partial charge in [0.1, 0.15) is 5.75 Å². The van der Waals surface area contributed by atoms with Crippen LogP contribution in [-0.4, -0.2) is 20.8 Å². The SMILES string of the molecule is COCc1cc(C(C)NCC(C)C2CC2)ccc1OC. The third kappa shape index (κ3) is 3.97. The summed E-state index contributed by atoms with van der Waals surface area (Å²) in [6.45, 7) is 6.25. The third-order valence-corrected chi connectivity index (χ3v) is 4.28. The minimum absolute atomic E-state index is 0.359. The van der Waals surface area contributed by atoms with Crippen molar-refractivity contribution in [3.05, 3.63) is 29.3 Å². The highest BCUT2D eigenvalue weighted by atomic mass is 16.5. The number of methoxy groups -OCH3 is 2. The Bertz CT molecular complexity index is 429. The summed E-state index contributed by atoms with van der Waals surface area (Å²) >= 11 is 0. The second kappa shape index (κ2) is 7.09. The fourth-order valence-electron chi connectivity index (χ4n) is 2.65. The fraction of sp³-hybridized carbons (Fsp3) is 0.647. The summed E-state index contributed by atoms with van der Waals surface area (Å²) in [7, 11) is 3.41. The lowest BCUT2D eigenvalue weighted by Crippen LogP contribution is -2.25. The average molecular weight is 277 g/mol. The number of benzene rings is 1. The molecular formula is C17H27NO2. The zero-order valence-electron chi connectivity index (χ0n) is 13.1. The number of hydrogen-bond acceptors (Lipinski definition) is 3. The molecule has 0 spiro atoms. The molecule has 2 unspecified atom stereocenters. The van der Waals surface area contributed by atoms with Crippen molar-refractivity contribution < 1.29 is 9.47 Å². The summed E-state index contributed by atoms with van der Waals surface area (Å²) in [6.07, 6.45) is 2.83. The largest absolute Gasteiger partial charge is 0.496 e. The number of nitrogens with one attached hydrogen (secondary N) is 1. The maximum atomic E-state index is 5.37. The predicted octanol–water partition coefficient (Wildman–Crippen LogP) is 3.54. The summed E-state index contributed by atoms with van der Waals surface area (Å²) in [5.74, 6) is 2.64. The second-order valence-electron chi connectivity index (χ2n) is 5.95. The maximum Gasteiger partial charge on any atom is 0.124 e. The van der Waals surface area contributed by atoms with Crippen LogP contribution in [0.3, 0.4) is 0 Å². The molecule has 2 atom stereocenters. The van der Waals surface area contributed by atoms with Crippen LogP contribution in [-0.2, 0) is 11.3 Å². The Morgan fingerprint density at radius 1 is 1.25 bits per heavy atom. The summed E-state index contributed by atoms with van der Waals surface area (Å²) < 4.78 is 10.6. The predicted molar refractivity (Wildman–Crippen MR) is 82.0 cm³/mol. The molecule has 3 nitrogen and oxygen atoms in total. The first-order valence-corrected chi connectivity index (χ1v) is 7.54. The Hall–Kier alpha value is -1.06. The second-order valence-corrected chi connectivity index (χ2v) is 5.95. The van der Waals surface area contributed by atoms with Gasteiger partial charge in [0.15, 0.2) is 0 Å². The molecule has 112 valence electrons. The smallest absolute Gasteiger partial charge is 0.124 e. The molecule has 0 amide bonds. The summed E-state index contributed by atoms with van der Waals surface area (Å²) in [5.41, 5.74) is 2.40. The van der Waals surface area contributed by atoms with Crippen molar-refractivity contribution in [2.75, 3.05) is 20.8 Å². The monoisotopic (exact) mass is 277 g/mol. The van der Waals surface area contributed by atoms with E-state index < -0.39 is 0 Å². The topological polar surface area (TPSA) is 30.5 Å². The van der Waals surface area contributed by atoms with Crippen LogP contribution >= 0.6 is 0 Å². The van der Waals surface area contributed by atoms with E-state index in [1.165, 1.54) is 18.4 Å². The minimum Gasteiger partial charge on any atom is -0.496 e. The van der Waals surface area contributed by atoms with Crippen molar-refractivity contribution in [3.8, 4) is 5.75 Å². The first-order valence-electron chi connectivity index (χ1n) is 7.54. The van der Waals surface area contributed by atoms with Crippen molar-refractivity contribution in [1.29, 1.82) is 0 Å². The van der Waals surface area contributed by atoms with Gasteiger partial charge in [-0.2, -0.15) is 0 Å². The number of rotatable bonds is 8. The molecule has 0 aromatic heterocycles. The van der Waals surface area contributed by atoms with Crippen LogP contribution in [0.15, 0.2) is 18.2 Å². The van der Waals surface area contributed by atoms with Crippen LogP contribution < -0.4 is 10.1 Å². The standard InChI is InChI=1S/C17H27NO2/c1-12(14-5-6-14)10-18-13(2)15-7-8-17(20-4)16(9-15)11-19-3/h7-9,12-14,18H,5-6,10-11H2,1-4H3. The number of hydrogen-bond donors (Lipinski definition) is 1. The molecule has 1 fully saturated rings. The maximum absolute atomic E-state index is 5.37. The van der Waals surface area contributed by atoms with Crippen molar-refractivity contribution in [2.45, 2.75) is 39.3 Å². The molecule has 3 heteroatoms. The van der Waals surface area contributed by atoms with Gasteiger partial charge in [0, 0.05) is 18.7 Å². The van der Waals surface area contributed by atoms with Gasteiger partial charge in [-0.05, 0) is 55.8 Å². The van der Waals surface area contributed by atoms with Gasteiger partial charge in [0.05, 0.1) is 13.7 Å². The van der Waals surface area contributed by atoms with Crippen LogP contribution in [0.4, 0.5) is 0 Å². The van der Waals surface area contributed by atoms with Crippen LogP contribution in [0.5, 0.6) is 5.75 Å².